The number of hydrogen-bond acceptors (Lipinski definition) is 2. The molecule has 11 heavy (non-hydrogen) atoms. The van der Waals surface area contributed by atoms with Gasteiger partial charge in [-0.3, -0.25) is 0 Å². The Hall–Kier alpha value is -0.0800. The van der Waals surface area contributed by atoms with Gasteiger partial charge in [0.1, 0.15) is 0 Å². The van der Waals surface area contributed by atoms with Gasteiger partial charge < -0.3 is 10.4 Å². The van der Waals surface area contributed by atoms with E-state index in [1.807, 2.05) is 13.8 Å². The van der Waals surface area contributed by atoms with Crippen LogP contribution in [0.15, 0.2) is 0 Å². The highest BCUT2D eigenvalue weighted by Gasteiger charge is 2.30. The molecule has 2 heteroatoms. The summed E-state index contributed by atoms with van der Waals surface area (Å²) in [5, 5.41) is 12.2. The van der Waals surface area contributed by atoms with Crippen molar-refractivity contribution < 1.29 is 5.11 Å². The minimum absolute atomic E-state index is 0.222. The topological polar surface area (TPSA) is 32.3 Å². The van der Waals surface area contributed by atoms with Crippen LogP contribution in [0, 0.1) is 5.41 Å². The minimum Gasteiger partial charge on any atom is -0.396 e. The summed E-state index contributed by atoms with van der Waals surface area (Å²) in [7, 11) is 0. The normalized spacial score (nSPS) is 29.5. The molecule has 1 atom stereocenters. The van der Waals surface area contributed by atoms with Gasteiger partial charge in [-0.05, 0) is 19.4 Å². The predicted molar refractivity (Wildman–Crippen MR) is 48.6 cm³/mol. The summed E-state index contributed by atoms with van der Waals surface area (Å²) in [6.45, 7) is 8.56. The van der Waals surface area contributed by atoms with Crippen LogP contribution in [0.3, 0.4) is 0 Å². The fourth-order valence-electron chi connectivity index (χ4n) is 1.34. The lowest BCUT2D eigenvalue weighted by Gasteiger charge is -2.22. The molecule has 1 fully saturated rings. The van der Waals surface area contributed by atoms with Crippen molar-refractivity contribution >= 4 is 0 Å². The summed E-state index contributed by atoms with van der Waals surface area (Å²) in [5.74, 6) is 0. The van der Waals surface area contributed by atoms with Crippen molar-refractivity contribution in [1.82, 2.24) is 5.32 Å². The minimum atomic E-state index is 0.222. The van der Waals surface area contributed by atoms with E-state index in [4.69, 9.17) is 5.11 Å². The number of nitrogens with one attached hydrogen (secondary N) is 1. The zero-order valence-electron chi connectivity index (χ0n) is 7.98. The van der Waals surface area contributed by atoms with Gasteiger partial charge in [-0.1, -0.05) is 20.8 Å². The molecule has 0 radical (unpaired) electrons. The van der Waals surface area contributed by atoms with Crippen LogP contribution in [-0.2, 0) is 0 Å². The molecule has 0 aliphatic carbocycles. The van der Waals surface area contributed by atoms with Gasteiger partial charge in [0.25, 0.3) is 0 Å². The van der Waals surface area contributed by atoms with Crippen molar-refractivity contribution in [2.75, 3.05) is 19.7 Å². The SMILES string of the molecule is CC.CCC1(CO)CCNC1. The molecule has 0 spiro atoms. The molecule has 2 nitrogen and oxygen atoms in total. The molecular weight excluding hydrogens is 138 g/mol. The highest BCUT2D eigenvalue weighted by atomic mass is 16.3. The maximum atomic E-state index is 8.98. The fourth-order valence-corrected chi connectivity index (χ4v) is 1.34. The standard InChI is InChI=1S/C7H15NO.C2H6/c1-2-7(6-9)3-4-8-5-7;1-2/h8-9H,2-6H2,1H3;1-2H3. The number of aliphatic hydroxyl groups is 1. The van der Waals surface area contributed by atoms with Gasteiger partial charge in [0, 0.05) is 18.6 Å². The van der Waals surface area contributed by atoms with Crippen molar-refractivity contribution in [1.29, 1.82) is 0 Å². The van der Waals surface area contributed by atoms with Gasteiger partial charge >= 0.3 is 0 Å². The van der Waals surface area contributed by atoms with E-state index in [9.17, 15) is 0 Å². The number of rotatable bonds is 2. The Balaban J connectivity index is 0.000000461. The lowest BCUT2D eigenvalue weighted by molar-refractivity contribution is 0.139. The monoisotopic (exact) mass is 159 g/mol. The third-order valence-electron chi connectivity index (χ3n) is 2.42. The number of aliphatic hydroxyl groups excluding tert-OH is 1. The average Bonchev–Trinajstić information content (AvgIpc) is 2.57. The van der Waals surface area contributed by atoms with E-state index in [1.165, 1.54) is 0 Å². The Morgan fingerprint density at radius 3 is 2.27 bits per heavy atom. The molecule has 1 aliphatic rings. The molecule has 1 rings (SSSR count). The summed E-state index contributed by atoms with van der Waals surface area (Å²) in [5.41, 5.74) is 0.222. The van der Waals surface area contributed by atoms with Crippen LogP contribution in [0.5, 0.6) is 0 Å². The molecule has 68 valence electrons. The van der Waals surface area contributed by atoms with Crippen LogP contribution < -0.4 is 5.32 Å². The average molecular weight is 159 g/mol. The molecule has 0 bridgehead atoms. The number of hydrogen-bond donors (Lipinski definition) is 2. The maximum Gasteiger partial charge on any atom is 0.0499 e. The van der Waals surface area contributed by atoms with E-state index in [1.54, 1.807) is 0 Å². The molecular formula is C9H21NO. The Bertz CT molecular complexity index is 81.6. The molecule has 0 aromatic carbocycles. The first-order valence-electron chi connectivity index (χ1n) is 4.64. The molecule has 0 saturated carbocycles. The summed E-state index contributed by atoms with van der Waals surface area (Å²) < 4.78 is 0. The van der Waals surface area contributed by atoms with Crippen LogP contribution in [-0.4, -0.2) is 24.8 Å². The third kappa shape index (κ3) is 2.80. The fraction of sp³-hybridized carbons (Fsp3) is 1.00. The van der Waals surface area contributed by atoms with Crippen LogP contribution in [0.1, 0.15) is 33.6 Å². The molecule has 0 amide bonds. The lowest BCUT2D eigenvalue weighted by atomic mass is 9.85. The molecule has 0 aromatic rings. The summed E-state index contributed by atoms with van der Waals surface area (Å²) in [4.78, 5) is 0. The summed E-state index contributed by atoms with van der Waals surface area (Å²) in [6.07, 6.45) is 2.23. The van der Waals surface area contributed by atoms with E-state index in [2.05, 4.69) is 12.2 Å². The van der Waals surface area contributed by atoms with Gasteiger partial charge in [0.15, 0.2) is 0 Å². The van der Waals surface area contributed by atoms with E-state index in [0.29, 0.717) is 6.61 Å². The van der Waals surface area contributed by atoms with Crippen molar-refractivity contribution in [3.05, 3.63) is 0 Å². The van der Waals surface area contributed by atoms with Crippen molar-refractivity contribution in [2.24, 2.45) is 5.41 Å². The predicted octanol–water partition coefficient (Wildman–Crippen LogP) is 1.39. The Morgan fingerprint density at radius 2 is 2.09 bits per heavy atom. The third-order valence-corrected chi connectivity index (χ3v) is 2.42. The zero-order valence-corrected chi connectivity index (χ0v) is 7.98. The first-order valence-corrected chi connectivity index (χ1v) is 4.64. The molecule has 1 saturated heterocycles. The van der Waals surface area contributed by atoms with E-state index < -0.39 is 0 Å². The van der Waals surface area contributed by atoms with Crippen LogP contribution in [0.4, 0.5) is 0 Å². The highest BCUT2D eigenvalue weighted by molar-refractivity contribution is 4.85. The molecule has 0 aromatic heterocycles. The molecule has 2 N–H and O–H groups in total. The second-order valence-corrected chi connectivity index (χ2v) is 2.94. The Morgan fingerprint density at radius 1 is 1.45 bits per heavy atom. The smallest absolute Gasteiger partial charge is 0.0499 e. The maximum absolute atomic E-state index is 8.98. The largest absolute Gasteiger partial charge is 0.396 e. The van der Waals surface area contributed by atoms with Crippen molar-refractivity contribution in [3.63, 3.8) is 0 Å². The Labute approximate surface area is 70.0 Å². The van der Waals surface area contributed by atoms with E-state index in [0.717, 1.165) is 25.9 Å². The Kier molecular flexibility index (Phi) is 5.51. The molecule has 1 unspecified atom stereocenters. The second-order valence-electron chi connectivity index (χ2n) is 2.94. The van der Waals surface area contributed by atoms with Gasteiger partial charge in [-0.2, -0.15) is 0 Å². The van der Waals surface area contributed by atoms with Gasteiger partial charge in [-0.15, -0.1) is 0 Å². The van der Waals surface area contributed by atoms with Crippen LogP contribution >= 0.6 is 0 Å². The van der Waals surface area contributed by atoms with E-state index >= 15 is 0 Å². The van der Waals surface area contributed by atoms with Crippen molar-refractivity contribution in [3.8, 4) is 0 Å². The quantitative estimate of drug-likeness (QED) is 0.638. The summed E-state index contributed by atoms with van der Waals surface area (Å²) in [6, 6.07) is 0. The van der Waals surface area contributed by atoms with Gasteiger partial charge in [-0.25, -0.2) is 0 Å². The van der Waals surface area contributed by atoms with Crippen LogP contribution in [0.2, 0.25) is 0 Å². The highest BCUT2D eigenvalue weighted by Crippen LogP contribution is 2.27. The molecule has 1 heterocycles. The first-order chi connectivity index (χ1) is 5.33. The van der Waals surface area contributed by atoms with Crippen molar-refractivity contribution in [2.45, 2.75) is 33.6 Å². The molecule has 1 aliphatic heterocycles. The van der Waals surface area contributed by atoms with Gasteiger partial charge in [0.2, 0.25) is 0 Å². The summed E-state index contributed by atoms with van der Waals surface area (Å²) >= 11 is 0. The van der Waals surface area contributed by atoms with Crippen LogP contribution in [0.25, 0.3) is 0 Å². The zero-order chi connectivity index (χ0) is 8.74. The van der Waals surface area contributed by atoms with Gasteiger partial charge in [0.05, 0.1) is 0 Å². The lowest BCUT2D eigenvalue weighted by Crippen LogP contribution is -2.26. The van der Waals surface area contributed by atoms with E-state index in [-0.39, 0.29) is 5.41 Å². The first kappa shape index (κ1) is 10.9. The second kappa shape index (κ2) is 5.56.